The van der Waals surface area contributed by atoms with Gasteiger partial charge >= 0.3 is 0 Å². The smallest absolute Gasteiger partial charge is 0.155 e. The van der Waals surface area contributed by atoms with Crippen LogP contribution in [0.1, 0.15) is 5.56 Å². The second-order valence-electron chi connectivity index (χ2n) is 4.18. The Morgan fingerprint density at radius 3 is 3.11 bits per heavy atom. The number of hydrogen-bond donors (Lipinski definition) is 1. The van der Waals surface area contributed by atoms with Gasteiger partial charge in [-0.2, -0.15) is 11.8 Å². The highest BCUT2D eigenvalue weighted by molar-refractivity contribution is 9.10. The summed E-state index contributed by atoms with van der Waals surface area (Å²) >= 11 is 5.26. The average molecular weight is 330 g/mol. The Morgan fingerprint density at radius 1 is 1.61 bits per heavy atom. The Morgan fingerprint density at radius 2 is 2.44 bits per heavy atom. The van der Waals surface area contributed by atoms with Crippen molar-refractivity contribution in [3.8, 4) is 5.75 Å². The monoisotopic (exact) mass is 329 g/mol. The van der Waals surface area contributed by atoms with Gasteiger partial charge in [0, 0.05) is 34.5 Å². The first-order chi connectivity index (χ1) is 8.70. The highest BCUT2D eigenvalue weighted by Gasteiger charge is 2.22. The van der Waals surface area contributed by atoms with Gasteiger partial charge in [-0.3, -0.25) is 4.79 Å². The van der Waals surface area contributed by atoms with Gasteiger partial charge in [0.05, 0.1) is 13.2 Å². The van der Waals surface area contributed by atoms with Crippen molar-refractivity contribution < 1.29 is 9.53 Å². The summed E-state index contributed by atoms with van der Waals surface area (Å²) in [7, 11) is 1.63. The minimum atomic E-state index is -0.0209. The summed E-state index contributed by atoms with van der Waals surface area (Å²) < 4.78 is 6.26. The molecule has 5 heteroatoms. The average Bonchev–Trinajstić information content (AvgIpc) is 2.40. The number of thioether (sulfide) groups is 1. The SMILES string of the molecule is COc1ccc(Br)cc1CC(=O)C1CSCCN1. The van der Waals surface area contributed by atoms with Crippen LogP contribution >= 0.6 is 27.7 Å². The Labute approximate surface area is 120 Å². The van der Waals surface area contributed by atoms with E-state index < -0.39 is 0 Å². The van der Waals surface area contributed by atoms with Gasteiger partial charge in [-0.05, 0) is 18.2 Å². The number of carbonyl (C=O) groups excluding carboxylic acids is 1. The van der Waals surface area contributed by atoms with E-state index in [9.17, 15) is 4.79 Å². The number of halogens is 1. The van der Waals surface area contributed by atoms with E-state index in [2.05, 4.69) is 21.2 Å². The predicted octanol–water partition coefficient (Wildman–Crippen LogP) is 2.27. The molecule has 18 heavy (non-hydrogen) atoms. The first-order valence-electron chi connectivity index (χ1n) is 5.87. The number of Topliss-reactive ketones (excluding diaryl/α,β-unsaturated/α-hetero) is 1. The summed E-state index contributed by atoms with van der Waals surface area (Å²) in [4.78, 5) is 12.2. The molecule has 1 N–H and O–H groups in total. The lowest BCUT2D eigenvalue weighted by Gasteiger charge is -2.22. The predicted molar refractivity (Wildman–Crippen MR) is 78.5 cm³/mol. The fourth-order valence-electron chi connectivity index (χ4n) is 1.97. The first kappa shape index (κ1) is 13.9. The van der Waals surface area contributed by atoms with Crippen molar-refractivity contribution in [2.75, 3.05) is 25.2 Å². The highest BCUT2D eigenvalue weighted by atomic mass is 79.9. The van der Waals surface area contributed by atoms with Crippen LogP contribution in [-0.4, -0.2) is 37.0 Å². The van der Waals surface area contributed by atoms with Gasteiger partial charge in [0.1, 0.15) is 5.75 Å². The van der Waals surface area contributed by atoms with Crippen LogP contribution in [0.25, 0.3) is 0 Å². The normalized spacial score (nSPS) is 19.6. The lowest BCUT2D eigenvalue weighted by Crippen LogP contribution is -2.44. The molecule has 1 heterocycles. The molecule has 0 bridgehead atoms. The molecule has 1 unspecified atom stereocenters. The van der Waals surface area contributed by atoms with Crippen molar-refractivity contribution in [2.24, 2.45) is 0 Å². The topological polar surface area (TPSA) is 38.3 Å². The number of benzene rings is 1. The molecule has 0 spiro atoms. The number of ether oxygens (including phenoxy) is 1. The van der Waals surface area contributed by atoms with Gasteiger partial charge < -0.3 is 10.1 Å². The summed E-state index contributed by atoms with van der Waals surface area (Å²) in [6.07, 6.45) is 0.418. The van der Waals surface area contributed by atoms with Crippen molar-refractivity contribution in [3.63, 3.8) is 0 Å². The van der Waals surface area contributed by atoms with Crippen molar-refractivity contribution in [1.29, 1.82) is 0 Å². The largest absolute Gasteiger partial charge is 0.496 e. The Kier molecular flexibility index (Phi) is 5.09. The minimum Gasteiger partial charge on any atom is -0.496 e. The van der Waals surface area contributed by atoms with Gasteiger partial charge in [-0.1, -0.05) is 15.9 Å². The zero-order chi connectivity index (χ0) is 13.0. The van der Waals surface area contributed by atoms with Crippen LogP contribution in [0.3, 0.4) is 0 Å². The van der Waals surface area contributed by atoms with Gasteiger partial charge in [0.15, 0.2) is 5.78 Å². The quantitative estimate of drug-likeness (QED) is 0.919. The second-order valence-corrected chi connectivity index (χ2v) is 6.25. The molecule has 0 aliphatic carbocycles. The van der Waals surface area contributed by atoms with Crippen molar-refractivity contribution in [1.82, 2.24) is 5.32 Å². The van der Waals surface area contributed by atoms with E-state index in [1.165, 1.54) is 0 Å². The molecular weight excluding hydrogens is 314 g/mol. The van der Waals surface area contributed by atoms with Gasteiger partial charge in [-0.15, -0.1) is 0 Å². The Bertz CT molecular complexity index is 433. The molecule has 1 aliphatic rings. The number of carbonyl (C=O) groups is 1. The van der Waals surface area contributed by atoms with E-state index in [1.54, 1.807) is 7.11 Å². The lowest BCUT2D eigenvalue weighted by atomic mass is 10.0. The van der Waals surface area contributed by atoms with E-state index in [0.717, 1.165) is 33.8 Å². The standard InChI is InChI=1S/C13H16BrNO2S/c1-17-13-3-2-10(14)6-9(13)7-12(16)11-8-18-5-4-15-11/h2-3,6,11,15H,4-5,7-8H2,1H3. The Balaban J connectivity index is 2.07. The molecule has 1 atom stereocenters. The molecule has 0 aromatic heterocycles. The van der Waals surface area contributed by atoms with E-state index in [4.69, 9.17) is 4.74 Å². The second kappa shape index (κ2) is 6.59. The van der Waals surface area contributed by atoms with Gasteiger partial charge in [0.2, 0.25) is 0 Å². The zero-order valence-corrected chi connectivity index (χ0v) is 12.6. The molecule has 1 aromatic carbocycles. The van der Waals surface area contributed by atoms with E-state index in [1.807, 2.05) is 30.0 Å². The van der Waals surface area contributed by atoms with Crippen LogP contribution < -0.4 is 10.1 Å². The van der Waals surface area contributed by atoms with Crippen molar-refractivity contribution in [3.05, 3.63) is 28.2 Å². The van der Waals surface area contributed by atoms with Crippen LogP contribution in [0.2, 0.25) is 0 Å². The van der Waals surface area contributed by atoms with Crippen LogP contribution in [0.5, 0.6) is 5.75 Å². The maximum Gasteiger partial charge on any atom is 0.155 e. The molecular formula is C13H16BrNO2S. The van der Waals surface area contributed by atoms with E-state index in [0.29, 0.717) is 6.42 Å². The van der Waals surface area contributed by atoms with Gasteiger partial charge in [0.25, 0.3) is 0 Å². The molecule has 1 aliphatic heterocycles. The number of hydrogen-bond acceptors (Lipinski definition) is 4. The first-order valence-corrected chi connectivity index (χ1v) is 7.81. The summed E-state index contributed by atoms with van der Waals surface area (Å²) in [5, 5.41) is 3.27. The van der Waals surface area contributed by atoms with E-state index >= 15 is 0 Å². The maximum absolute atomic E-state index is 12.2. The number of rotatable bonds is 4. The van der Waals surface area contributed by atoms with Crippen LogP contribution in [-0.2, 0) is 11.2 Å². The number of ketones is 1. The molecule has 98 valence electrons. The molecule has 1 aromatic rings. The van der Waals surface area contributed by atoms with Crippen LogP contribution in [0.15, 0.2) is 22.7 Å². The molecule has 1 saturated heterocycles. The summed E-state index contributed by atoms with van der Waals surface area (Å²) in [5.41, 5.74) is 0.939. The molecule has 0 saturated carbocycles. The summed E-state index contributed by atoms with van der Waals surface area (Å²) in [6.45, 7) is 0.913. The van der Waals surface area contributed by atoms with Crippen molar-refractivity contribution in [2.45, 2.75) is 12.5 Å². The van der Waals surface area contributed by atoms with Gasteiger partial charge in [-0.25, -0.2) is 0 Å². The Hall–Kier alpha value is -0.520. The summed E-state index contributed by atoms with van der Waals surface area (Å²) in [5.74, 6) is 2.97. The fourth-order valence-corrected chi connectivity index (χ4v) is 3.35. The zero-order valence-electron chi connectivity index (χ0n) is 10.2. The third kappa shape index (κ3) is 3.49. The minimum absolute atomic E-state index is 0.0209. The number of nitrogens with one attached hydrogen (secondary N) is 1. The lowest BCUT2D eigenvalue weighted by molar-refractivity contribution is -0.119. The number of methoxy groups -OCH3 is 1. The van der Waals surface area contributed by atoms with Crippen LogP contribution in [0, 0.1) is 0 Å². The third-order valence-electron chi connectivity index (χ3n) is 2.92. The van der Waals surface area contributed by atoms with Crippen molar-refractivity contribution >= 4 is 33.5 Å². The fraction of sp³-hybridized carbons (Fsp3) is 0.462. The van der Waals surface area contributed by atoms with Crippen LogP contribution in [0.4, 0.5) is 0 Å². The maximum atomic E-state index is 12.2. The van der Waals surface area contributed by atoms with E-state index in [-0.39, 0.29) is 11.8 Å². The molecule has 3 nitrogen and oxygen atoms in total. The molecule has 0 amide bonds. The highest BCUT2D eigenvalue weighted by Crippen LogP contribution is 2.24. The summed E-state index contributed by atoms with van der Waals surface area (Å²) in [6, 6.07) is 5.73. The molecule has 1 fully saturated rings. The molecule has 2 rings (SSSR count). The third-order valence-corrected chi connectivity index (χ3v) is 4.47. The molecule has 0 radical (unpaired) electrons.